The number of fused-ring (bicyclic) bond motifs is 1. The number of hydrogen-bond acceptors (Lipinski definition) is 1. The molecule has 0 radical (unpaired) electrons. The first-order chi connectivity index (χ1) is 7.83. The number of hydrogen-bond donors (Lipinski definition) is 1. The second-order valence-electron chi connectivity index (χ2n) is 4.06. The van der Waals surface area contributed by atoms with Gasteiger partial charge in [0.15, 0.2) is 0 Å². The molecule has 0 saturated heterocycles. The van der Waals surface area contributed by atoms with Crippen molar-refractivity contribution in [3.8, 4) is 11.1 Å². The Hall–Kier alpha value is -1.28. The quantitative estimate of drug-likeness (QED) is 0.826. The molecule has 3 rings (SSSR count). The molecule has 1 heterocycles. The van der Waals surface area contributed by atoms with E-state index in [1.807, 2.05) is 0 Å². The van der Waals surface area contributed by atoms with E-state index < -0.39 is 0 Å². The van der Waals surface area contributed by atoms with E-state index in [1.165, 1.54) is 22.4 Å². The third-order valence-corrected chi connectivity index (χ3v) is 3.52. The lowest BCUT2D eigenvalue weighted by Gasteiger charge is -2.05. The highest BCUT2D eigenvalue weighted by Crippen LogP contribution is 2.29. The molecule has 0 atom stereocenters. The minimum absolute atomic E-state index is 1.07. The number of anilines is 1. The van der Waals surface area contributed by atoms with E-state index in [4.69, 9.17) is 0 Å². The largest absolute Gasteiger partial charge is 0.384 e. The van der Waals surface area contributed by atoms with Gasteiger partial charge in [0, 0.05) is 16.7 Å². The zero-order valence-electron chi connectivity index (χ0n) is 8.83. The van der Waals surface area contributed by atoms with E-state index in [-0.39, 0.29) is 0 Å². The third-order valence-electron chi connectivity index (χ3n) is 2.99. The van der Waals surface area contributed by atoms with Crippen molar-refractivity contribution in [1.82, 2.24) is 0 Å². The van der Waals surface area contributed by atoms with Crippen molar-refractivity contribution in [2.24, 2.45) is 0 Å². The number of halogens is 1. The molecule has 0 fully saturated rings. The van der Waals surface area contributed by atoms with Gasteiger partial charge in [-0.3, -0.25) is 0 Å². The van der Waals surface area contributed by atoms with Crippen molar-refractivity contribution in [2.75, 3.05) is 11.9 Å². The molecular formula is C14H12BrN. The zero-order valence-corrected chi connectivity index (χ0v) is 10.4. The molecule has 1 aliphatic rings. The fraction of sp³-hybridized carbons (Fsp3) is 0.143. The molecule has 2 aromatic rings. The lowest BCUT2D eigenvalue weighted by Crippen LogP contribution is -1.90. The molecule has 80 valence electrons. The van der Waals surface area contributed by atoms with E-state index in [0.717, 1.165) is 17.4 Å². The maximum absolute atomic E-state index is 3.46. The van der Waals surface area contributed by atoms with Crippen LogP contribution in [-0.2, 0) is 6.42 Å². The smallest absolute Gasteiger partial charge is 0.0373 e. The van der Waals surface area contributed by atoms with Gasteiger partial charge >= 0.3 is 0 Å². The molecule has 0 bridgehead atoms. The summed E-state index contributed by atoms with van der Waals surface area (Å²) in [5.41, 5.74) is 5.30. The first-order valence-electron chi connectivity index (χ1n) is 5.46. The van der Waals surface area contributed by atoms with Crippen molar-refractivity contribution < 1.29 is 0 Å². The molecule has 1 N–H and O–H groups in total. The Morgan fingerprint density at radius 2 is 1.69 bits per heavy atom. The van der Waals surface area contributed by atoms with Crippen LogP contribution in [0.15, 0.2) is 46.9 Å². The highest BCUT2D eigenvalue weighted by molar-refractivity contribution is 9.10. The van der Waals surface area contributed by atoms with Crippen molar-refractivity contribution in [1.29, 1.82) is 0 Å². The fourth-order valence-electron chi connectivity index (χ4n) is 2.13. The Labute approximate surface area is 104 Å². The van der Waals surface area contributed by atoms with Crippen LogP contribution in [0.5, 0.6) is 0 Å². The summed E-state index contributed by atoms with van der Waals surface area (Å²) in [6.45, 7) is 1.07. The van der Waals surface area contributed by atoms with Crippen molar-refractivity contribution in [3.05, 3.63) is 52.5 Å². The average molecular weight is 274 g/mol. The molecule has 0 unspecified atom stereocenters. The maximum Gasteiger partial charge on any atom is 0.0373 e. The number of nitrogens with one attached hydrogen (secondary N) is 1. The van der Waals surface area contributed by atoms with Gasteiger partial charge in [-0.1, -0.05) is 34.1 Å². The lowest BCUT2D eigenvalue weighted by atomic mass is 10.0. The van der Waals surface area contributed by atoms with Crippen molar-refractivity contribution in [3.63, 3.8) is 0 Å². The van der Waals surface area contributed by atoms with E-state index >= 15 is 0 Å². The minimum atomic E-state index is 1.07. The standard InChI is InChI=1S/C14H12BrN/c15-13-4-1-10(2-5-13)11-3-6-14-12(9-11)7-8-16-14/h1-6,9,16H,7-8H2. The van der Waals surface area contributed by atoms with Crippen LogP contribution in [0.25, 0.3) is 11.1 Å². The molecule has 16 heavy (non-hydrogen) atoms. The second-order valence-corrected chi connectivity index (χ2v) is 4.97. The molecule has 0 saturated carbocycles. The Morgan fingerprint density at radius 1 is 0.938 bits per heavy atom. The Bertz CT molecular complexity index is 517. The summed E-state index contributed by atoms with van der Waals surface area (Å²) >= 11 is 3.46. The highest BCUT2D eigenvalue weighted by Gasteiger charge is 2.10. The first kappa shape index (κ1) is 9.91. The molecule has 0 spiro atoms. The van der Waals surface area contributed by atoms with Gasteiger partial charge in [0.25, 0.3) is 0 Å². The van der Waals surface area contributed by atoms with Gasteiger partial charge in [-0.2, -0.15) is 0 Å². The lowest BCUT2D eigenvalue weighted by molar-refractivity contribution is 1.11. The molecule has 2 heteroatoms. The van der Waals surface area contributed by atoms with Crippen molar-refractivity contribution in [2.45, 2.75) is 6.42 Å². The molecule has 0 aromatic heterocycles. The summed E-state index contributed by atoms with van der Waals surface area (Å²) in [6.07, 6.45) is 1.14. The maximum atomic E-state index is 3.46. The van der Waals surface area contributed by atoms with Crippen LogP contribution in [0.1, 0.15) is 5.56 Å². The fourth-order valence-corrected chi connectivity index (χ4v) is 2.39. The molecule has 2 aromatic carbocycles. The van der Waals surface area contributed by atoms with Gasteiger partial charge in [-0.25, -0.2) is 0 Å². The van der Waals surface area contributed by atoms with Gasteiger partial charge in [-0.15, -0.1) is 0 Å². The monoisotopic (exact) mass is 273 g/mol. The van der Waals surface area contributed by atoms with E-state index in [1.54, 1.807) is 0 Å². The minimum Gasteiger partial charge on any atom is -0.384 e. The number of rotatable bonds is 1. The van der Waals surface area contributed by atoms with Gasteiger partial charge in [-0.05, 0) is 47.4 Å². The SMILES string of the molecule is Brc1ccc(-c2ccc3c(c2)CCN3)cc1. The second kappa shape index (κ2) is 3.95. The summed E-state index contributed by atoms with van der Waals surface area (Å²) in [6, 6.07) is 15.1. The Balaban J connectivity index is 2.03. The predicted molar refractivity (Wildman–Crippen MR) is 71.8 cm³/mol. The first-order valence-corrected chi connectivity index (χ1v) is 6.25. The highest BCUT2D eigenvalue weighted by atomic mass is 79.9. The topological polar surface area (TPSA) is 12.0 Å². The van der Waals surface area contributed by atoms with Gasteiger partial charge in [0.1, 0.15) is 0 Å². The van der Waals surface area contributed by atoms with Crippen LogP contribution in [0.4, 0.5) is 5.69 Å². The van der Waals surface area contributed by atoms with Crippen LogP contribution in [0.3, 0.4) is 0 Å². The summed E-state index contributed by atoms with van der Waals surface area (Å²) < 4.78 is 1.12. The normalized spacial score (nSPS) is 13.3. The number of benzene rings is 2. The summed E-state index contributed by atoms with van der Waals surface area (Å²) in [7, 11) is 0. The molecule has 0 aliphatic carbocycles. The average Bonchev–Trinajstić information content (AvgIpc) is 2.77. The summed E-state index contributed by atoms with van der Waals surface area (Å²) in [4.78, 5) is 0. The van der Waals surface area contributed by atoms with Crippen LogP contribution in [0.2, 0.25) is 0 Å². The Morgan fingerprint density at radius 3 is 2.50 bits per heavy atom. The van der Waals surface area contributed by atoms with Crippen LogP contribution in [0, 0.1) is 0 Å². The van der Waals surface area contributed by atoms with E-state index in [0.29, 0.717) is 0 Å². The van der Waals surface area contributed by atoms with Gasteiger partial charge in [0.05, 0.1) is 0 Å². The molecule has 1 aliphatic heterocycles. The van der Waals surface area contributed by atoms with E-state index in [2.05, 4.69) is 63.7 Å². The van der Waals surface area contributed by atoms with Gasteiger partial charge < -0.3 is 5.32 Å². The van der Waals surface area contributed by atoms with Crippen LogP contribution in [-0.4, -0.2) is 6.54 Å². The Kier molecular flexibility index (Phi) is 2.44. The summed E-state index contributed by atoms with van der Waals surface area (Å²) in [5.74, 6) is 0. The summed E-state index contributed by atoms with van der Waals surface area (Å²) in [5, 5.41) is 3.38. The molecular weight excluding hydrogens is 262 g/mol. The van der Waals surface area contributed by atoms with E-state index in [9.17, 15) is 0 Å². The predicted octanol–water partition coefficient (Wildman–Crippen LogP) is 4.08. The molecule has 1 nitrogen and oxygen atoms in total. The van der Waals surface area contributed by atoms with Crippen LogP contribution < -0.4 is 5.32 Å². The molecule has 0 amide bonds. The van der Waals surface area contributed by atoms with Crippen LogP contribution >= 0.6 is 15.9 Å². The van der Waals surface area contributed by atoms with Crippen molar-refractivity contribution >= 4 is 21.6 Å². The zero-order chi connectivity index (χ0) is 11.0. The third kappa shape index (κ3) is 1.74. The van der Waals surface area contributed by atoms with Gasteiger partial charge in [0.2, 0.25) is 0 Å².